The van der Waals surface area contributed by atoms with Crippen LogP contribution < -0.4 is 14.8 Å². The smallest absolute Gasteiger partial charge is 0.262 e. The number of rotatable bonds is 6. The van der Waals surface area contributed by atoms with Gasteiger partial charge in [-0.1, -0.05) is 18.2 Å². The van der Waals surface area contributed by atoms with Crippen molar-refractivity contribution in [2.45, 2.75) is 20.8 Å². The minimum atomic E-state index is -0.212. The van der Waals surface area contributed by atoms with Crippen LogP contribution in [0.3, 0.4) is 0 Å². The fraction of sp³-hybridized carbons (Fsp3) is 0.227. The van der Waals surface area contributed by atoms with E-state index in [2.05, 4.69) is 21.6 Å². The number of nitrogens with zero attached hydrogens (tertiary/aromatic N) is 2. The molecular formula is C22H23N3O3. The summed E-state index contributed by atoms with van der Waals surface area (Å²) in [5.41, 5.74) is 5.62. The first-order chi connectivity index (χ1) is 13.5. The van der Waals surface area contributed by atoms with Crippen LogP contribution in [0.2, 0.25) is 0 Å². The van der Waals surface area contributed by atoms with E-state index in [1.54, 1.807) is 13.2 Å². The fourth-order valence-corrected chi connectivity index (χ4v) is 2.80. The summed E-state index contributed by atoms with van der Waals surface area (Å²) >= 11 is 0. The molecule has 0 saturated carbocycles. The van der Waals surface area contributed by atoms with E-state index >= 15 is 0 Å². The molecule has 3 aromatic rings. The first-order valence-electron chi connectivity index (χ1n) is 8.95. The van der Waals surface area contributed by atoms with Gasteiger partial charge in [-0.25, -0.2) is 0 Å². The third-order valence-electron chi connectivity index (χ3n) is 4.44. The van der Waals surface area contributed by atoms with Crippen molar-refractivity contribution in [3.05, 3.63) is 65.2 Å². The zero-order valence-electron chi connectivity index (χ0n) is 16.4. The van der Waals surface area contributed by atoms with Crippen LogP contribution in [-0.4, -0.2) is 29.8 Å². The number of ether oxygens (including phenoxy) is 2. The second kappa shape index (κ2) is 8.52. The van der Waals surface area contributed by atoms with Gasteiger partial charge in [0.05, 0.1) is 12.8 Å². The molecule has 0 radical (unpaired) electrons. The van der Waals surface area contributed by atoms with Crippen LogP contribution in [0.15, 0.2) is 48.5 Å². The van der Waals surface area contributed by atoms with Gasteiger partial charge < -0.3 is 14.8 Å². The molecule has 2 aromatic carbocycles. The number of hydrogen-bond acceptors (Lipinski definition) is 5. The third kappa shape index (κ3) is 4.65. The second-order valence-electron chi connectivity index (χ2n) is 6.58. The summed E-state index contributed by atoms with van der Waals surface area (Å²) in [6.07, 6.45) is 0. The predicted molar refractivity (Wildman–Crippen MR) is 109 cm³/mol. The van der Waals surface area contributed by atoms with Crippen LogP contribution in [0, 0.1) is 20.8 Å². The Morgan fingerprint density at radius 1 is 1.00 bits per heavy atom. The summed E-state index contributed by atoms with van der Waals surface area (Å²) in [5, 5.41) is 10.9. The molecule has 28 heavy (non-hydrogen) atoms. The fourth-order valence-electron chi connectivity index (χ4n) is 2.80. The average molecular weight is 377 g/mol. The van der Waals surface area contributed by atoms with Crippen molar-refractivity contribution in [2.75, 3.05) is 19.0 Å². The highest BCUT2D eigenvalue weighted by Crippen LogP contribution is 2.23. The number of hydrogen-bond donors (Lipinski definition) is 1. The molecule has 0 aliphatic heterocycles. The van der Waals surface area contributed by atoms with Gasteiger partial charge >= 0.3 is 0 Å². The van der Waals surface area contributed by atoms with Gasteiger partial charge in [0.1, 0.15) is 5.75 Å². The predicted octanol–water partition coefficient (Wildman–Crippen LogP) is 4.09. The minimum Gasteiger partial charge on any atom is -0.483 e. The molecule has 0 fully saturated rings. The van der Waals surface area contributed by atoms with E-state index in [0.717, 1.165) is 33.7 Å². The van der Waals surface area contributed by atoms with Gasteiger partial charge in [-0.3, -0.25) is 4.79 Å². The van der Waals surface area contributed by atoms with Crippen molar-refractivity contribution in [3.8, 4) is 22.9 Å². The molecule has 0 spiro atoms. The van der Waals surface area contributed by atoms with Crippen LogP contribution >= 0.6 is 0 Å². The normalized spacial score (nSPS) is 10.4. The van der Waals surface area contributed by atoms with Crippen molar-refractivity contribution in [1.29, 1.82) is 0 Å². The standard InChI is InChI=1S/C22H23N3O3/c1-14-11-15(2)16(3)20(12-14)28-13-21(26)23-18-7-5-17(6-8-18)19-9-10-22(27-4)25-24-19/h5-12H,13H2,1-4H3,(H,23,26). The van der Waals surface area contributed by atoms with Crippen molar-refractivity contribution < 1.29 is 14.3 Å². The Balaban J connectivity index is 1.60. The molecule has 0 unspecified atom stereocenters. The van der Waals surface area contributed by atoms with Crippen LogP contribution in [0.5, 0.6) is 11.6 Å². The number of nitrogens with one attached hydrogen (secondary N) is 1. The zero-order chi connectivity index (χ0) is 20.1. The van der Waals surface area contributed by atoms with Crippen LogP contribution in [0.4, 0.5) is 5.69 Å². The topological polar surface area (TPSA) is 73.3 Å². The Labute approximate surface area is 164 Å². The lowest BCUT2D eigenvalue weighted by Gasteiger charge is -2.12. The largest absolute Gasteiger partial charge is 0.483 e. The number of aryl methyl sites for hydroxylation is 2. The Kier molecular flexibility index (Phi) is 5.89. The van der Waals surface area contributed by atoms with E-state index < -0.39 is 0 Å². The second-order valence-corrected chi connectivity index (χ2v) is 6.58. The van der Waals surface area contributed by atoms with Crippen molar-refractivity contribution in [2.24, 2.45) is 0 Å². The highest BCUT2D eigenvalue weighted by molar-refractivity contribution is 5.92. The maximum atomic E-state index is 12.2. The molecule has 144 valence electrons. The highest BCUT2D eigenvalue weighted by Gasteiger charge is 2.08. The van der Waals surface area contributed by atoms with Crippen LogP contribution in [-0.2, 0) is 4.79 Å². The summed E-state index contributed by atoms with van der Waals surface area (Å²) in [6, 6.07) is 15.0. The Bertz CT molecular complexity index is 968. The molecule has 0 bridgehead atoms. The van der Waals surface area contributed by atoms with Crippen molar-refractivity contribution >= 4 is 11.6 Å². The molecule has 0 aliphatic carbocycles. The summed E-state index contributed by atoms with van der Waals surface area (Å²) < 4.78 is 10.7. The lowest BCUT2D eigenvalue weighted by Crippen LogP contribution is -2.20. The maximum Gasteiger partial charge on any atom is 0.262 e. The summed E-state index contributed by atoms with van der Waals surface area (Å²) in [7, 11) is 1.55. The van der Waals surface area contributed by atoms with E-state index in [1.165, 1.54) is 0 Å². The Morgan fingerprint density at radius 3 is 2.39 bits per heavy atom. The van der Waals surface area contributed by atoms with Gasteiger partial charge in [0.2, 0.25) is 5.88 Å². The molecule has 0 aliphatic rings. The lowest BCUT2D eigenvalue weighted by molar-refractivity contribution is -0.118. The molecule has 0 saturated heterocycles. The van der Waals surface area contributed by atoms with Gasteiger partial charge in [0, 0.05) is 17.3 Å². The molecule has 1 heterocycles. The van der Waals surface area contributed by atoms with Crippen LogP contribution in [0.1, 0.15) is 16.7 Å². The SMILES string of the molecule is COc1ccc(-c2ccc(NC(=O)COc3cc(C)cc(C)c3C)cc2)nn1. The summed E-state index contributed by atoms with van der Waals surface area (Å²) in [5.74, 6) is 0.989. The number of amides is 1. The van der Waals surface area contributed by atoms with Gasteiger partial charge in [-0.2, -0.15) is 0 Å². The molecule has 1 amide bonds. The molecule has 1 N–H and O–H groups in total. The highest BCUT2D eigenvalue weighted by atomic mass is 16.5. The number of anilines is 1. The number of carbonyl (C=O) groups excluding carboxylic acids is 1. The van der Waals surface area contributed by atoms with E-state index in [9.17, 15) is 4.79 Å². The number of benzene rings is 2. The molecule has 6 nitrogen and oxygen atoms in total. The van der Waals surface area contributed by atoms with Gasteiger partial charge in [0.25, 0.3) is 5.91 Å². The van der Waals surface area contributed by atoms with Gasteiger partial charge in [0.15, 0.2) is 6.61 Å². The molecule has 1 aromatic heterocycles. The molecule has 6 heteroatoms. The quantitative estimate of drug-likeness (QED) is 0.700. The number of aromatic nitrogens is 2. The summed E-state index contributed by atoms with van der Waals surface area (Å²) in [6.45, 7) is 5.98. The monoisotopic (exact) mass is 377 g/mol. The molecule has 0 atom stereocenters. The Morgan fingerprint density at radius 2 is 1.75 bits per heavy atom. The molecule has 3 rings (SSSR count). The molecular weight excluding hydrogens is 354 g/mol. The van der Waals surface area contributed by atoms with E-state index in [0.29, 0.717) is 11.6 Å². The average Bonchev–Trinajstić information content (AvgIpc) is 2.70. The zero-order valence-corrected chi connectivity index (χ0v) is 16.4. The van der Waals surface area contributed by atoms with Crippen molar-refractivity contribution in [3.63, 3.8) is 0 Å². The van der Waals surface area contributed by atoms with E-state index in [4.69, 9.17) is 9.47 Å². The maximum absolute atomic E-state index is 12.2. The first kappa shape index (κ1) is 19.4. The number of carbonyl (C=O) groups is 1. The lowest BCUT2D eigenvalue weighted by atomic mass is 10.1. The van der Waals surface area contributed by atoms with Gasteiger partial charge in [-0.15, -0.1) is 10.2 Å². The van der Waals surface area contributed by atoms with E-state index in [1.807, 2.05) is 57.2 Å². The third-order valence-corrected chi connectivity index (χ3v) is 4.44. The van der Waals surface area contributed by atoms with Crippen LogP contribution in [0.25, 0.3) is 11.3 Å². The minimum absolute atomic E-state index is 0.0462. The van der Waals surface area contributed by atoms with E-state index in [-0.39, 0.29) is 12.5 Å². The first-order valence-corrected chi connectivity index (χ1v) is 8.95. The van der Waals surface area contributed by atoms with Gasteiger partial charge in [-0.05, 0) is 61.7 Å². The van der Waals surface area contributed by atoms with Crippen molar-refractivity contribution in [1.82, 2.24) is 10.2 Å². The Hall–Kier alpha value is -3.41. The summed E-state index contributed by atoms with van der Waals surface area (Å²) in [4.78, 5) is 12.2. The number of methoxy groups -OCH3 is 1.